The van der Waals surface area contributed by atoms with E-state index < -0.39 is 5.91 Å². The van der Waals surface area contributed by atoms with Crippen LogP contribution in [0.2, 0.25) is 0 Å². The number of pyridine rings is 1. The van der Waals surface area contributed by atoms with Crippen molar-refractivity contribution in [3.8, 4) is 12.1 Å². The molecule has 0 radical (unpaired) electrons. The lowest BCUT2D eigenvalue weighted by Gasteiger charge is -2.02. The number of hydrogen-bond acceptors (Lipinski definition) is 5. The predicted octanol–water partition coefficient (Wildman–Crippen LogP) is 0.442. The van der Waals surface area contributed by atoms with Gasteiger partial charge in [-0.05, 0) is 6.07 Å². The van der Waals surface area contributed by atoms with Crippen LogP contribution in [0.5, 0.6) is 5.88 Å². The molecule has 0 aliphatic carbocycles. The predicted molar refractivity (Wildman–Crippen MR) is 53.7 cm³/mol. The van der Waals surface area contributed by atoms with Crippen molar-refractivity contribution in [2.75, 3.05) is 7.05 Å². The fraction of sp³-hybridized carbons (Fsp3) is 0.222. The van der Waals surface area contributed by atoms with Gasteiger partial charge in [0.25, 0.3) is 12.2 Å². The molecule has 1 aromatic heterocycles. The van der Waals surface area contributed by atoms with Gasteiger partial charge < -0.3 is 4.74 Å². The first-order valence-electron chi connectivity index (χ1n) is 3.78. The van der Waals surface area contributed by atoms with E-state index in [1.807, 2.05) is 0 Å². The summed E-state index contributed by atoms with van der Waals surface area (Å²) in [6, 6.07) is 4.57. The third-order valence-electron chi connectivity index (χ3n) is 1.34. The van der Waals surface area contributed by atoms with E-state index in [2.05, 4.69) is 20.6 Å². The zero-order valence-electron chi connectivity index (χ0n) is 7.44. The molecule has 2 N–H and O–H groups in total. The average molecular weight is 208 g/mol. The van der Waals surface area contributed by atoms with Crippen LogP contribution in [0.1, 0.15) is 17.9 Å². The zero-order valence-corrected chi connectivity index (χ0v) is 7.44. The number of hydrogen-bond donors (Lipinski definition) is 2. The second-order valence-electron chi connectivity index (χ2n) is 2.26. The van der Waals surface area contributed by atoms with Crippen LogP contribution in [0.15, 0.2) is 18.2 Å². The summed E-state index contributed by atoms with van der Waals surface area (Å²) in [5.74, 6) is -0.299. The van der Waals surface area contributed by atoms with Crippen LogP contribution in [0, 0.1) is 11.5 Å². The molecule has 0 atom stereocenters. The number of nitriles is 1. The molecule has 0 aliphatic rings. The third-order valence-corrected chi connectivity index (χ3v) is 1.34. The summed E-state index contributed by atoms with van der Waals surface area (Å²) in [4.78, 5) is 15.0. The Bertz CT molecular complexity index is 373. The highest BCUT2D eigenvalue weighted by Crippen LogP contribution is 2.06. The second-order valence-corrected chi connectivity index (χ2v) is 2.26. The van der Waals surface area contributed by atoms with Gasteiger partial charge in [-0.25, -0.2) is 10.4 Å². The van der Waals surface area contributed by atoms with E-state index >= 15 is 0 Å². The lowest BCUT2D eigenvalue weighted by Crippen LogP contribution is -2.34. The molecule has 0 bridgehead atoms. The molecule has 6 heteroatoms. The number of nitrogens with zero attached hydrogens (tertiary/aromatic N) is 2. The molecule has 1 heterocycles. The van der Waals surface area contributed by atoms with Crippen LogP contribution in [-0.2, 0) is 0 Å². The SMILES string of the molecule is C.CNNC(=O)c1cccc(OC#N)n1. The Labute approximate surface area is 87.9 Å². The smallest absolute Gasteiger partial charge is 0.293 e. The van der Waals surface area contributed by atoms with E-state index in [0.29, 0.717) is 0 Å². The number of carbonyl (C=O) groups excluding carboxylic acids is 1. The fourth-order valence-corrected chi connectivity index (χ4v) is 0.822. The number of carbonyl (C=O) groups is 1. The topological polar surface area (TPSA) is 87.0 Å². The van der Waals surface area contributed by atoms with Crippen molar-refractivity contribution in [2.45, 2.75) is 7.43 Å². The van der Waals surface area contributed by atoms with Crippen molar-refractivity contribution in [3.05, 3.63) is 23.9 Å². The lowest BCUT2D eigenvalue weighted by molar-refractivity contribution is 0.0932. The van der Waals surface area contributed by atoms with E-state index in [1.165, 1.54) is 18.4 Å². The van der Waals surface area contributed by atoms with Gasteiger partial charge in [-0.15, -0.1) is 5.26 Å². The van der Waals surface area contributed by atoms with Crippen LogP contribution in [0.25, 0.3) is 0 Å². The highest BCUT2D eigenvalue weighted by molar-refractivity contribution is 5.91. The maximum atomic E-state index is 11.2. The van der Waals surface area contributed by atoms with E-state index in [4.69, 9.17) is 5.26 Å². The van der Waals surface area contributed by atoms with Gasteiger partial charge in [0.2, 0.25) is 5.88 Å². The van der Waals surface area contributed by atoms with Gasteiger partial charge in [-0.3, -0.25) is 10.2 Å². The van der Waals surface area contributed by atoms with Gasteiger partial charge in [-0.2, -0.15) is 0 Å². The third kappa shape index (κ3) is 3.62. The minimum atomic E-state index is -0.393. The van der Waals surface area contributed by atoms with Gasteiger partial charge in [-0.1, -0.05) is 13.5 Å². The fourth-order valence-electron chi connectivity index (χ4n) is 0.822. The molecule has 1 rings (SSSR count). The van der Waals surface area contributed by atoms with Crippen LogP contribution >= 0.6 is 0 Å². The summed E-state index contributed by atoms with van der Waals surface area (Å²) in [5, 5.41) is 8.23. The maximum Gasteiger partial charge on any atom is 0.293 e. The van der Waals surface area contributed by atoms with Crippen LogP contribution in [0.4, 0.5) is 0 Å². The van der Waals surface area contributed by atoms with Crippen molar-refractivity contribution >= 4 is 5.91 Å². The van der Waals surface area contributed by atoms with Gasteiger partial charge in [0.15, 0.2) is 0 Å². The van der Waals surface area contributed by atoms with Gasteiger partial charge in [0, 0.05) is 13.1 Å². The first kappa shape index (κ1) is 12.9. The molecular weight excluding hydrogens is 196 g/mol. The van der Waals surface area contributed by atoms with Crippen molar-refractivity contribution in [3.63, 3.8) is 0 Å². The number of nitrogens with one attached hydrogen (secondary N) is 2. The number of ether oxygens (including phenoxy) is 1. The van der Waals surface area contributed by atoms with Crippen LogP contribution in [-0.4, -0.2) is 17.9 Å². The summed E-state index contributed by atoms with van der Waals surface area (Å²) in [5.41, 5.74) is 4.99. The summed E-state index contributed by atoms with van der Waals surface area (Å²) >= 11 is 0. The van der Waals surface area contributed by atoms with E-state index in [-0.39, 0.29) is 19.0 Å². The Morgan fingerprint density at radius 3 is 2.93 bits per heavy atom. The largest absolute Gasteiger partial charge is 0.367 e. The van der Waals surface area contributed by atoms with E-state index in [9.17, 15) is 4.79 Å². The molecule has 0 saturated heterocycles. The number of rotatable bonds is 3. The van der Waals surface area contributed by atoms with Crippen LogP contribution in [0.3, 0.4) is 0 Å². The molecule has 0 spiro atoms. The average Bonchev–Trinajstić information content (AvgIpc) is 2.19. The summed E-state index contributed by atoms with van der Waals surface area (Å²) in [7, 11) is 1.56. The minimum absolute atomic E-state index is 0. The monoisotopic (exact) mass is 208 g/mol. The highest BCUT2D eigenvalue weighted by atomic mass is 16.5. The van der Waals surface area contributed by atoms with E-state index in [1.54, 1.807) is 13.1 Å². The molecule has 15 heavy (non-hydrogen) atoms. The summed E-state index contributed by atoms with van der Waals surface area (Å²) in [6.45, 7) is 0. The number of hydrazine groups is 1. The normalized spacial score (nSPS) is 8.27. The Morgan fingerprint density at radius 1 is 1.60 bits per heavy atom. The molecule has 0 aliphatic heterocycles. The lowest BCUT2D eigenvalue weighted by atomic mass is 10.3. The first-order valence-corrected chi connectivity index (χ1v) is 3.78. The Balaban J connectivity index is 0.00000196. The Kier molecular flexibility index (Phi) is 5.44. The summed E-state index contributed by atoms with van der Waals surface area (Å²) in [6.07, 6.45) is 1.47. The zero-order chi connectivity index (χ0) is 10.4. The molecule has 0 fully saturated rings. The molecule has 1 aromatic rings. The molecule has 0 aromatic carbocycles. The molecule has 6 nitrogen and oxygen atoms in total. The molecular formula is C9H12N4O2. The Hall–Kier alpha value is -2.13. The van der Waals surface area contributed by atoms with Gasteiger partial charge in [0.1, 0.15) is 5.69 Å². The van der Waals surface area contributed by atoms with Crippen molar-refractivity contribution in [2.24, 2.45) is 0 Å². The number of amides is 1. The molecule has 1 amide bonds. The minimum Gasteiger partial charge on any atom is -0.367 e. The quantitative estimate of drug-likeness (QED) is 0.556. The van der Waals surface area contributed by atoms with Crippen molar-refractivity contribution in [1.82, 2.24) is 15.8 Å². The molecule has 0 saturated carbocycles. The molecule has 80 valence electrons. The van der Waals surface area contributed by atoms with Crippen LogP contribution < -0.4 is 15.6 Å². The van der Waals surface area contributed by atoms with E-state index in [0.717, 1.165) is 0 Å². The standard InChI is InChI=1S/C8H8N4O2.CH4/c1-10-12-8(13)6-3-2-4-7(11-6)14-5-9;/h2-4,10H,1H3,(H,12,13);1H4. The molecule has 0 unspecified atom stereocenters. The van der Waals surface area contributed by atoms with Gasteiger partial charge in [0.05, 0.1) is 0 Å². The number of aromatic nitrogens is 1. The van der Waals surface area contributed by atoms with Crippen molar-refractivity contribution in [1.29, 1.82) is 5.26 Å². The highest BCUT2D eigenvalue weighted by Gasteiger charge is 2.06. The van der Waals surface area contributed by atoms with Crippen molar-refractivity contribution < 1.29 is 9.53 Å². The van der Waals surface area contributed by atoms with Gasteiger partial charge >= 0.3 is 0 Å². The second kappa shape index (κ2) is 6.34. The summed E-state index contributed by atoms with van der Waals surface area (Å²) < 4.78 is 4.47. The first-order chi connectivity index (χ1) is 6.77. The Morgan fingerprint density at radius 2 is 2.33 bits per heavy atom. The maximum absolute atomic E-state index is 11.2.